The predicted molar refractivity (Wildman–Crippen MR) is 78.7 cm³/mol. The summed E-state index contributed by atoms with van der Waals surface area (Å²) in [6.07, 6.45) is 0. The van der Waals surface area contributed by atoms with Crippen LogP contribution in [0, 0.1) is 6.92 Å². The fourth-order valence-electron chi connectivity index (χ4n) is 2.38. The second kappa shape index (κ2) is 6.05. The number of para-hydroxylation sites is 1. The van der Waals surface area contributed by atoms with Crippen LogP contribution < -0.4 is 4.90 Å². The number of benzene rings is 1. The predicted octanol–water partition coefficient (Wildman–Crippen LogP) is 0.732. The summed E-state index contributed by atoms with van der Waals surface area (Å²) in [6, 6.07) is 7.83. The Morgan fingerprint density at radius 3 is 2.55 bits per heavy atom. The Hall–Kier alpha value is -1.88. The molecule has 0 aliphatic carbocycles. The quantitative estimate of drug-likeness (QED) is 0.817. The molecule has 0 N–H and O–H groups in total. The summed E-state index contributed by atoms with van der Waals surface area (Å²) in [7, 11) is 3.70. The van der Waals surface area contributed by atoms with Crippen LogP contribution in [-0.4, -0.2) is 61.9 Å². The van der Waals surface area contributed by atoms with E-state index < -0.39 is 0 Å². The Morgan fingerprint density at radius 1 is 1.25 bits per heavy atom. The van der Waals surface area contributed by atoms with Gasteiger partial charge < -0.3 is 14.7 Å². The van der Waals surface area contributed by atoms with Crippen LogP contribution in [0.1, 0.15) is 5.56 Å². The highest BCUT2D eigenvalue weighted by atomic mass is 16.2. The van der Waals surface area contributed by atoms with Crippen molar-refractivity contribution in [3.05, 3.63) is 29.8 Å². The van der Waals surface area contributed by atoms with E-state index in [0.29, 0.717) is 19.6 Å². The first kappa shape index (κ1) is 14.5. The van der Waals surface area contributed by atoms with Crippen molar-refractivity contribution in [3.63, 3.8) is 0 Å². The molecule has 1 aliphatic heterocycles. The molecule has 0 unspecified atom stereocenters. The van der Waals surface area contributed by atoms with E-state index in [1.165, 1.54) is 0 Å². The van der Waals surface area contributed by atoms with Crippen molar-refractivity contribution in [2.75, 3.05) is 45.2 Å². The molecule has 5 nitrogen and oxygen atoms in total. The van der Waals surface area contributed by atoms with E-state index in [1.807, 2.05) is 50.2 Å². The lowest BCUT2D eigenvalue weighted by Gasteiger charge is -2.35. The molecule has 0 spiro atoms. The average Bonchev–Trinajstić information content (AvgIpc) is 2.39. The zero-order valence-corrected chi connectivity index (χ0v) is 12.3. The molecule has 1 aliphatic rings. The van der Waals surface area contributed by atoms with Crippen LogP contribution in [0.2, 0.25) is 0 Å². The maximum absolute atomic E-state index is 12.3. The molecule has 1 fully saturated rings. The van der Waals surface area contributed by atoms with E-state index in [1.54, 1.807) is 9.80 Å². The van der Waals surface area contributed by atoms with Gasteiger partial charge in [-0.3, -0.25) is 9.59 Å². The van der Waals surface area contributed by atoms with Crippen LogP contribution in [0.15, 0.2) is 24.3 Å². The minimum Gasteiger partial charge on any atom is -0.330 e. The van der Waals surface area contributed by atoms with Crippen LogP contribution in [0.4, 0.5) is 5.69 Å². The van der Waals surface area contributed by atoms with E-state index in [2.05, 4.69) is 0 Å². The largest absolute Gasteiger partial charge is 0.330 e. The lowest BCUT2D eigenvalue weighted by atomic mass is 10.1. The molecule has 2 rings (SSSR count). The number of piperazine rings is 1. The maximum Gasteiger partial charge on any atom is 0.246 e. The van der Waals surface area contributed by atoms with Crippen molar-refractivity contribution in [2.45, 2.75) is 6.92 Å². The molecule has 0 bridgehead atoms. The van der Waals surface area contributed by atoms with E-state index in [4.69, 9.17) is 0 Å². The molecular weight excluding hydrogens is 254 g/mol. The molecule has 1 saturated heterocycles. The summed E-state index contributed by atoms with van der Waals surface area (Å²) in [5.74, 6) is -0.00885. The number of likely N-dealkylation sites (N-methyl/N-ethyl adjacent to an activating group) is 1. The van der Waals surface area contributed by atoms with E-state index in [9.17, 15) is 9.59 Å². The van der Waals surface area contributed by atoms with Crippen molar-refractivity contribution in [1.82, 2.24) is 9.80 Å². The summed E-state index contributed by atoms with van der Waals surface area (Å²) in [5.41, 5.74) is 2.02. The second-order valence-electron chi connectivity index (χ2n) is 5.38. The summed E-state index contributed by atoms with van der Waals surface area (Å²) in [6.45, 7) is 3.65. The highest BCUT2D eigenvalue weighted by molar-refractivity contribution is 5.98. The third-order valence-electron chi connectivity index (χ3n) is 3.43. The summed E-state index contributed by atoms with van der Waals surface area (Å²) >= 11 is 0. The van der Waals surface area contributed by atoms with Gasteiger partial charge in [-0.15, -0.1) is 0 Å². The Morgan fingerprint density at radius 2 is 1.95 bits per heavy atom. The van der Waals surface area contributed by atoms with Crippen LogP contribution in [0.5, 0.6) is 0 Å². The van der Waals surface area contributed by atoms with Gasteiger partial charge in [-0.05, 0) is 32.6 Å². The molecule has 108 valence electrons. The lowest BCUT2D eigenvalue weighted by Crippen LogP contribution is -2.54. The monoisotopic (exact) mass is 275 g/mol. The van der Waals surface area contributed by atoms with Gasteiger partial charge in [0.2, 0.25) is 11.8 Å². The molecule has 0 radical (unpaired) electrons. The Labute approximate surface area is 119 Å². The molecule has 1 heterocycles. The van der Waals surface area contributed by atoms with Crippen LogP contribution in [0.3, 0.4) is 0 Å². The number of hydrogen-bond donors (Lipinski definition) is 0. The normalized spacial score (nSPS) is 15.9. The van der Waals surface area contributed by atoms with Crippen molar-refractivity contribution in [1.29, 1.82) is 0 Å². The van der Waals surface area contributed by atoms with Gasteiger partial charge in [0, 0.05) is 18.8 Å². The molecule has 2 amide bonds. The van der Waals surface area contributed by atoms with Gasteiger partial charge in [0.05, 0.1) is 6.54 Å². The van der Waals surface area contributed by atoms with Gasteiger partial charge in [0.25, 0.3) is 0 Å². The van der Waals surface area contributed by atoms with Crippen molar-refractivity contribution < 1.29 is 9.59 Å². The lowest BCUT2D eigenvalue weighted by molar-refractivity contribution is -0.137. The summed E-state index contributed by atoms with van der Waals surface area (Å²) < 4.78 is 0. The highest BCUT2D eigenvalue weighted by Gasteiger charge is 2.28. The third-order valence-corrected chi connectivity index (χ3v) is 3.43. The van der Waals surface area contributed by atoms with Gasteiger partial charge in [-0.2, -0.15) is 0 Å². The van der Waals surface area contributed by atoms with Gasteiger partial charge in [-0.1, -0.05) is 18.2 Å². The fraction of sp³-hybridized carbons (Fsp3) is 0.467. The molecule has 0 atom stereocenters. The number of carbonyl (C=O) groups is 2. The minimum atomic E-state index is -0.0161. The number of nitrogens with zero attached hydrogens (tertiary/aromatic N) is 3. The molecule has 0 aromatic heterocycles. The standard InChI is InChI=1S/C15H21N3O2/c1-12-6-4-5-7-13(12)18-9-8-17(11-15(18)20)14(19)10-16(2)3/h4-7H,8-11H2,1-3H3. The Balaban J connectivity index is 2.05. The average molecular weight is 275 g/mol. The zero-order valence-electron chi connectivity index (χ0n) is 12.3. The first-order valence-electron chi connectivity index (χ1n) is 6.77. The van der Waals surface area contributed by atoms with Crippen LogP contribution >= 0.6 is 0 Å². The Bertz CT molecular complexity index is 514. The van der Waals surface area contributed by atoms with Gasteiger partial charge >= 0.3 is 0 Å². The van der Waals surface area contributed by atoms with E-state index in [0.717, 1.165) is 11.3 Å². The second-order valence-corrected chi connectivity index (χ2v) is 5.38. The number of rotatable bonds is 3. The minimum absolute atomic E-state index is 0.00721. The molecule has 1 aromatic carbocycles. The molecular formula is C15H21N3O2. The number of aryl methyl sites for hydroxylation is 1. The Kier molecular flexibility index (Phi) is 4.39. The smallest absolute Gasteiger partial charge is 0.246 e. The van der Waals surface area contributed by atoms with E-state index in [-0.39, 0.29) is 18.4 Å². The maximum atomic E-state index is 12.3. The van der Waals surface area contributed by atoms with E-state index >= 15 is 0 Å². The van der Waals surface area contributed by atoms with Crippen LogP contribution in [-0.2, 0) is 9.59 Å². The number of amides is 2. The fourth-order valence-corrected chi connectivity index (χ4v) is 2.38. The van der Waals surface area contributed by atoms with Gasteiger partial charge in [0.15, 0.2) is 0 Å². The SMILES string of the molecule is Cc1ccccc1N1CCN(C(=O)CN(C)C)CC1=O. The number of hydrogen-bond acceptors (Lipinski definition) is 3. The molecule has 1 aromatic rings. The van der Waals surface area contributed by atoms with Crippen molar-refractivity contribution in [2.24, 2.45) is 0 Å². The first-order chi connectivity index (χ1) is 9.49. The molecule has 20 heavy (non-hydrogen) atoms. The topological polar surface area (TPSA) is 43.9 Å². The number of anilines is 1. The summed E-state index contributed by atoms with van der Waals surface area (Å²) in [4.78, 5) is 29.5. The van der Waals surface area contributed by atoms with Crippen molar-refractivity contribution >= 4 is 17.5 Å². The first-order valence-corrected chi connectivity index (χ1v) is 6.77. The van der Waals surface area contributed by atoms with Crippen molar-refractivity contribution in [3.8, 4) is 0 Å². The molecule has 0 saturated carbocycles. The molecule has 5 heteroatoms. The third kappa shape index (κ3) is 3.17. The summed E-state index contributed by atoms with van der Waals surface area (Å²) in [5, 5.41) is 0. The van der Waals surface area contributed by atoms with Crippen LogP contribution in [0.25, 0.3) is 0 Å². The zero-order chi connectivity index (χ0) is 14.7. The number of carbonyl (C=O) groups excluding carboxylic acids is 2. The highest BCUT2D eigenvalue weighted by Crippen LogP contribution is 2.21. The van der Waals surface area contributed by atoms with Gasteiger partial charge in [-0.25, -0.2) is 0 Å². The van der Waals surface area contributed by atoms with Gasteiger partial charge in [0.1, 0.15) is 6.54 Å².